The van der Waals surface area contributed by atoms with Gasteiger partial charge in [-0.15, -0.1) is 0 Å². The molecule has 2 aromatic carbocycles. The standard InChI is InChI=1S/C22H19N5O/c1-14(18-7-3-5-15-6-4-10-23-21(15)18)28-17-8-9-20-19(11-17)22(26-25-20)16-12-24-27(2)13-16/h3-14H,1-2H3,(H,25,26). The molecule has 5 rings (SSSR count). The van der Waals surface area contributed by atoms with Crippen molar-refractivity contribution >= 4 is 21.8 Å². The summed E-state index contributed by atoms with van der Waals surface area (Å²) < 4.78 is 8.05. The summed E-state index contributed by atoms with van der Waals surface area (Å²) in [5.74, 6) is 0.791. The number of benzene rings is 2. The molecule has 1 unspecified atom stereocenters. The largest absolute Gasteiger partial charge is 0.486 e. The maximum Gasteiger partial charge on any atom is 0.123 e. The monoisotopic (exact) mass is 369 g/mol. The summed E-state index contributed by atoms with van der Waals surface area (Å²) in [6, 6.07) is 16.2. The van der Waals surface area contributed by atoms with Crippen LogP contribution in [0.4, 0.5) is 0 Å². The van der Waals surface area contributed by atoms with Gasteiger partial charge in [-0.3, -0.25) is 14.8 Å². The van der Waals surface area contributed by atoms with E-state index in [9.17, 15) is 0 Å². The van der Waals surface area contributed by atoms with Crippen LogP contribution in [0.1, 0.15) is 18.6 Å². The Labute approximate surface area is 161 Å². The maximum atomic E-state index is 6.28. The average Bonchev–Trinajstić information content (AvgIpc) is 3.33. The van der Waals surface area contributed by atoms with Crippen molar-refractivity contribution in [2.45, 2.75) is 13.0 Å². The van der Waals surface area contributed by atoms with Gasteiger partial charge in [-0.2, -0.15) is 10.2 Å². The molecule has 3 aromatic heterocycles. The normalized spacial score (nSPS) is 12.5. The lowest BCUT2D eigenvalue weighted by atomic mass is 10.1. The van der Waals surface area contributed by atoms with Crippen LogP contribution in [0.5, 0.6) is 5.75 Å². The molecular weight excluding hydrogens is 350 g/mol. The van der Waals surface area contributed by atoms with Gasteiger partial charge in [0.1, 0.15) is 17.5 Å². The molecule has 0 radical (unpaired) electrons. The molecule has 138 valence electrons. The molecule has 6 nitrogen and oxygen atoms in total. The molecule has 3 heterocycles. The number of fused-ring (bicyclic) bond motifs is 2. The Morgan fingerprint density at radius 2 is 2.00 bits per heavy atom. The lowest BCUT2D eigenvalue weighted by Crippen LogP contribution is -2.04. The summed E-state index contributed by atoms with van der Waals surface area (Å²) >= 11 is 0. The second-order valence-corrected chi connectivity index (χ2v) is 6.86. The molecule has 1 N–H and O–H groups in total. The van der Waals surface area contributed by atoms with E-state index in [-0.39, 0.29) is 6.10 Å². The zero-order chi connectivity index (χ0) is 19.1. The molecule has 0 aliphatic rings. The molecule has 0 amide bonds. The molecule has 1 atom stereocenters. The second kappa shape index (κ2) is 6.49. The topological polar surface area (TPSA) is 68.6 Å². The number of H-pyrrole nitrogens is 1. The van der Waals surface area contributed by atoms with Crippen LogP contribution >= 0.6 is 0 Å². The van der Waals surface area contributed by atoms with E-state index in [0.29, 0.717) is 0 Å². The van der Waals surface area contributed by atoms with Crippen molar-refractivity contribution in [3.8, 4) is 17.0 Å². The lowest BCUT2D eigenvalue weighted by molar-refractivity contribution is 0.228. The Kier molecular flexibility index (Phi) is 3.83. The van der Waals surface area contributed by atoms with Crippen molar-refractivity contribution in [1.29, 1.82) is 0 Å². The number of rotatable bonds is 4. The molecule has 0 fully saturated rings. The van der Waals surface area contributed by atoms with Crippen LogP contribution in [-0.2, 0) is 7.05 Å². The fraction of sp³-hybridized carbons (Fsp3) is 0.136. The minimum atomic E-state index is -0.134. The number of pyridine rings is 1. The maximum absolute atomic E-state index is 6.28. The first-order chi connectivity index (χ1) is 13.7. The van der Waals surface area contributed by atoms with Crippen LogP contribution in [0.25, 0.3) is 33.1 Å². The number of aromatic amines is 1. The van der Waals surface area contributed by atoms with Gasteiger partial charge >= 0.3 is 0 Å². The molecule has 0 saturated heterocycles. The Hall–Kier alpha value is -3.67. The number of aryl methyl sites for hydroxylation is 1. The quantitative estimate of drug-likeness (QED) is 0.501. The summed E-state index contributed by atoms with van der Waals surface area (Å²) in [4.78, 5) is 4.54. The van der Waals surface area contributed by atoms with Crippen LogP contribution in [-0.4, -0.2) is 25.0 Å². The molecule has 0 bridgehead atoms. The van der Waals surface area contributed by atoms with Crippen molar-refractivity contribution < 1.29 is 4.74 Å². The predicted molar refractivity (Wildman–Crippen MR) is 109 cm³/mol. The van der Waals surface area contributed by atoms with E-state index in [2.05, 4.69) is 38.5 Å². The summed E-state index contributed by atoms with van der Waals surface area (Å²) in [5.41, 5.74) is 4.84. The van der Waals surface area contributed by atoms with Crippen LogP contribution in [0, 0.1) is 0 Å². The number of nitrogens with zero attached hydrogens (tertiary/aromatic N) is 4. The van der Waals surface area contributed by atoms with Crippen molar-refractivity contribution in [3.05, 3.63) is 72.7 Å². The lowest BCUT2D eigenvalue weighted by Gasteiger charge is -2.16. The molecule has 0 aliphatic carbocycles. The molecule has 0 spiro atoms. The van der Waals surface area contributed by atoms with E-state index >= 15 is 0 Å². The summed E-state index contributed by atoms with van der Waals surface area (Å²) in [6.45, 7) is 2.05. The number of hydrogen-bond acceptors (Lipinski definition) is 4. The van der Waals surface area contributed by atoms with E-state index in [4.69, 9.17) is 4.74 Å². The highest BCUT2D eigenvalue weighted by Gasteiger charge is 2.14. The van der Waals surface area contributed by atoms with Gasteiger partial charge in [0.15, 0.2) is 0 Å². The number of hydrogen-bond donors (Lipinski definition) is 1. The number of ether oxygens (including phenoxy) is 1. The average molecular weight is 369 g/mol. The van der Waals surface area contributed by atoms with Crippen molar-refractivity contribution in [2.24, 2.45) is 7.05 Å². The van der Waals surface area contributed by atoms with Crippen molar-refractivity contribution in [1.82, 2.24) is 25.0 Å². The highest BCUT2D eigenvalue weighted by atomic mass is 16.5. The highest BCUT2D eigenvalue weighted by Crippen LogP contribution is 2.32. The zero-order valence-corrected chi connectivity index (χ0v) is 15.6. The first-order valence-electron chi connectivity index (χ1n) is 9.16. The minimum Gasteiger partial charge on any atom is -0.486 e. The molecule has 6 heteroatoms. The molecule has 5 aromatic rings. The molecule has 0 saturated carbocycles. The summed E-state index contributed by atoms with van der Waals surface area (Å²) in [7, 11) is 1.90. The second-order valence-electron chi connectivity index (χ2n) is 6.86. The van der Waals surface area contributed by atoms with Gasteiger partial charge in [0.25, 0.3) is 0 Å². The number of aromatic nitrogens is 5. The smallest absolute Gasteiger partial charge is 0.123 e. The fourth-order valence-electron chi connectivity index (χ4n) is 3.55. The van der Waals surface area contributed by atoms with Gasteiger partial charge in [0, 0.05) is 41.3 Å². The Morgan fingerprint density at radius 1 is 1.11 bits per heavy atom. The molecule has 0 aliphatic heterocycles. The van der Waals surface area contributed by atoms with Gasteiger partial charge in [-0.05, 0) is 31.2 Å². The first-order valence-corrected chi connectivity index (χ1v) is 9.16. The third kappa shape index (κ3) is 2.79. The van der Waals surface area contributed by atoms with Gasteiger partial charge in [0.2, 0.25) is 0 Å². The number of para-hydroxylation sites is 1. The number of nitrogens with one attached hydrogen (secondary N) is 1. The van der Waals surface area contributed by atoms with Crippen LogP contribution in [0.3, 0.4) is 0 Å². The van der Waals surface area contributed by atoms with Gasteiger partial charge in [-0.25, -0.2) is 0 Å². The summed E-state index contributed by atoms with van der Waals surface area (Å²) in [5, 5.41) is 13.9. The minimum absolute atomic E-state index is 0.134. The third-order valence-corrected chi connectivity index (χ3v) is 4.93. The summed E-state index contributed by atoms with van der Waals surface area (Å²) in [6.07, 6.45) is 5.45. The van der Waals surface area contributed by atoms with Crippen LogP contribution in [0.2, 0.25) is 0 Å². The van der Waals surface area contributed by atoms with Crippen molar-refractivity contribution in [3.63, 3.8) is 0 Å². The fourth-order valence-corrected chi connectivity index (χ4v) is 3.55. The van der Waals surface area contributed by atoms with E-state index in [1.54, 1.807) is 4.68 Å². The third-order valence-electron chi connectivity index (χ3n) is 4.93. The van der Waals surface area contributed by atoms with E-state index in [1.807, 2.05) is 62.9 Å². The van der Waals surface area contributed by atoms with Crippen LogP contribution < -0.4 is 4.74 Å². The van der Waals surface area contributed by atoms with Gasteiger partial charge in [0.05, 0.1) is 17.2 Å². The zero-order valence-electron chi connectivity index (χ0n) is 15.6. The molecular formula is C22H19N5O. The van der Waals surface area contributed by atoms with E-state index in [0.717, 1.165) is 44.4 Å². The first kappa shape index (κ1) is 16.5. The Balaban J connectivity index is 1.51. The highest BCUT2D eigenvalue weighted by molar-refractivity contribution is 5.93. The Morgan fingerprint density at radius 3 is 2.86 bits per heavy atom. The van der Waals surface area contributed by atoms with Gasteiger partial charge < -0.3 is 4.74 Å². The predicted octanol–water partition coefficient (Wildman–Crippen LogP) is 4.65. The van der Waals surface area contributed by atoms with E-state index in [1.165, 1.54) is 0 Å². The SMILES string of the molecule is CC(Oc1ccc2[nH]nc(-c3cnn(C)c3)c2c1)c1cccc2cccnc12. The Bertz CT molecular complexity index is 1280. The van der Waals surface area contributed by atoms with E-state index < -0.39 is 0 Å². The van der Waals surface area contributed by atoms with Gasteiger partial charge in [-0.1, -0.05) is 24.3 Å². The van der Waals surface area contributed by atoms with Crippen LogP contribution in [0.15, 0.2) is 67.1 Å². The van der Waals surface area contributed by atoms with Crippen molar-refractivity contribution in [2.75, 3.05) is 0 Å². The molecule has 28 heavy (non-hydrogen) atoms.